The number of aliphatic carboxylic acids is 1. The molecule has 0 spiro atoms. The third kappa shape index (κ3) is 41.0. The van der Waals surface area contributed by atoms with Crippen LogP contribution in [0.2, 0.25) is 0 Å². The highest BCUT2D eigenvalue weighted by molar-refractivity contribution is 7.47. The largest absolute Gasteiger partial charge is 0.480 e. The van der Waals surface area contributed by atoms with E-state index in [4.69, 9.17) is 24.8 Å². The molecule has 11 nitrogen and oxygen atoms in total. The predicted molar refractivity (Wildman–Crippen MR) is 231 cm³/mol. The van der Waals surface area contributed by atoms with Gasteiger partial charge in [0.2, 0.25) is 0 Å². The van der Waals surface area contributed by atoms with Crippen molar-refractivity contribution < 1.29 is 47.5 Å². The number of carbonyl (C=O) groups is 3. The molecule has 338 valence electrons. The Bertz CT molecular complexity index is 984. The SMILES string of the molecule is CCCCCCCCCCCCCCCCCCCCCCCCC(=O)OC(COC(=O)CCCCCCCCCCCCC)COP(=O)(O)OCC(N)C(=O)O. The average molecular weight is 834 g/mol. The zero-order valence-corrected chi connectivity index (χ0v) is 37.6. The molecule has 0 saturated carbocycles. The summed E-state index contributed by atoms with van der Waals surface area (Å²) in [6.45, 7) is 2.83. The number of unbranched alkanes of at least 4 members (excludes halogenated alkanes) is 31. The van der Waals surface area contributed by atoms with E-state index in [0.717, 1.165) is 38.5 Å². The van der Waals surface area contributed by atoms with Crippen LogP contribution in [0.4, 0.5) is 0 Å². The fourth-order valence-electron chi connectivity index (χ4n) is 6.89. The minimum Gasteiger partial charge on any atom is -0.480 e. The maximum absolute atomic E-state index is 12.6. The minimum absolute atomic E-state index is 0.170. The lowest BCUT2D eigenvalue weighted by atomic mass is 10.0. The molecule has 0 rings (SSSR count). The summed E-state index contributed by atoms with van der Waals surface area (Å²) >= 11 is 0. The van der Waals surface area contributed by atoms with Crippen LogP contribution < -0.4 is 5.73 Å². The number of rotatable bonds is 45. The van der Waals surface area contributed by atoms with Crippen molar-refractivity contribution in [3.05, 3.63) is 0 Å². The summed E-state index contributed by atoms with van der Waals surface area (Å²) in [6, 6.07) is -1.52. The van der Waals surface area contributed by atoms with E-state index in [2.05, 4.69) is 18.4 Å². The number of phosphoric ester groups is 1. The van der Waals surface area contributed by atoms with Gasteiger partial charge in [-0.2, -0.15) is 0 Å². The normalized spacial score (nSPS) is 13.6. The van der Waals surface area contributed by atoms with Gasteiger partial charge in [-0.1, -0.05) is 213 Å². The standard InChI is InChI=1S/C45H88NO10P/c1-3-5-7-9-11-13-15-16-17-18-19-20-21-22-23-24-25-27-29-31-33-35-37-44(48)56-41(39-54-57(51,52)55-40-42(46)45(49)50)38-53-43(47)36-34-32-30-28-26-14-12-10-8-6-4-2/h41-42H,3-40,46H2,1-2H3,(H,49,50)(H,51,52). The van der Waals surface area contributed by atoms with E-state index in [1.54, 1.807) is 0 Å². The first-order chi connectivity index (χ1) is 27.6. The van der Waals surface area contributed by atoms with Crippen molar-refractivity contribution in [1.82, 2.24) is 0 Å². The van der Waals surface area contributed by atoms with Crippen LogP contribution in [0.3, 0.4) is 0 Å². The lowest BCUT2D eigenvalue weighted by molar-refractivity contribution is -0.161. The molecule has 0 aromatic carbocycles. The summed E-state index contributed by atoms with van der Waals surface area (Å²) in [5, 5.41) is 8.89. The lowest BCUT2D eigenvalue weighted by Gasteiger charge is -2.20. The van der Waals surface area contributed by atoms with Crippen molar-refractivity contribution in [3.63, 3.8) is 0 Å². The molecule has 0 aliphatic heterocycles. The molecule has 0 aliphatic rings. The molecule has 0 heterocycles. The Morgan fingerprint density at radius 2 is 0.772 bits per heavy atom. The van der Waals surface area contributed by atoms with Crippen LogP contribution in [0.25, 0.3) is 0 Å². The quantitative estimate of drug-likeness (QED) is 0.0303. The number of carbonyl (C=O) groups excluding carboxylic acids is 2. The Kier molecular flexibility index (Phi) is 40.1. The monoisotopic (exact) mass is 834 g/mol. The molecule has 0 aromatic rings. The number of hydrogen-bond acceptors (Lipinski definition) is 9. The van der Waals surface area contributed by atoms with Gasteiger partial charge in [0.05, 0.1) is 13.2 Å². The van der Waals surface area contributed by atoms with Gasteiger partial charge in [0.1, 0.15) is 12.6 Å². The van der Waals surface area contributed by atoms with E-state index in [0.29, 0.717) is 12.8 Å². The molecule has 0 fully saturated rings. The number of nitrogens with two attached hydrogens (primary N) is 1. The second kappa shape index (κ2) is 41.2. The number of carboxylic acid groups (broad SMARTS) is 1. The molecule has 0 aromatic heterocycles. The molecule has 0 amide bonds. The first kappa shape index (κ1) is 55.5. The summed E-state index contributed by atoms with van der Waals surface area (Å²) < 4.78 is 32.7. The van der Waals surface area contributed by atoms with Crippen molar-refractivity contribution in [1.29, 1.82) is 0 Å². The molecule has 57 heavy (non-hydrogen) atoms. The van der Waals surface area contributed by atoms with Gasteiger partial charge in [0.25, 0.3) is 0 Å². The lowest BCUT2D eigenvalue weighted by Crippen LogP contribution is -2.34. The van der Waals surface area contributed by atoms with Crippen LogP contribution in [0.1, 0.15) is 239 Å². The third-order valence-electron chi connectivity index (χ3n) is 10.6. The summed E-state index contributed by atoms with van der Waals surface area (Å²) in [7, 11) is -4.71. The topological polar surface area (TPSA) is 172 Å². The smallest absolute Gasteiger partial charge is 0.472 e. The van der Waals surface area contributed by atoms with Gasteiger partial charge in [-0.3, -0.25) is 23.4 Å². The Morgan fingerprint density at radius 1 is 0.474 bits per heavy atom. The fraction of sp³-hybridized carbons (Fsp3) is 0.933. The van der Waals surface area contributed by atoms with Crippen LogP contribution in [0, 0.1) is 0 Å². The Hall–Kier alpha value is -1.52. The van der Waals surface area contributed by atoms with E-state index in [-0.39, 0.29) is 19.4 Å². The van der Waals surface area contributed by atoms with Gasteiger partial charge in [-0.15, -0.1) is 0 Å². The number of esters is 2. The van der Waals surface area contributed by atoms with E-state index < -0.39 is 51.1 Å². The van der Waals surface area contributed by atoms with Gasteiger partial charge in [0.15, 0.2) is 6.10 Å². The number of ether oxygens (including phenoxy) is 2. The molecule has 0 radical (unpaired) electrons. The molecule has 4 N–H and O–H groups in total. The predicted octanol–water partition coefficient (Wildman–Crippen LogP) is 12.7. The first-order valence-corrected chi connectivity index (χ1v) is 25.1. The first-order valence-electron chi connectivity index (χ1n) is 23.6. The van der Waals surface area contributed by atoms with Crippen molar-refractivity contribution in [3.8, 4) is 0 Å². The molecule has 0 aliphatic carbocycles. The van der Waals surface area contributed by atoms with E-state index in [1.165, 1.54) is 161 Å². The molecule has 3 atom stereocenters. The van der Waals surface area contributed by atoms with Crippen molar-refractivity contribution in [2.45, 2.75) is 251 Å². The second-order valence-electron chi connectivity index (χ2n) is 16.3. The van der Waals surface area contributed by atoms with Crippen molar-refractivity contribution in [2.75, 3.05) is 19.8 Å². The summed E-state index contributed by atoms with van der Waals surface area (Å²) in [5.41, 5.74) is 5.34. The van der Waals surface area contributed by atoms with E-state index in [1.807, 2.05) is 0 Å². The molecular formula is C45H88NO10P. The number of hydrogen-bond donors (Lipinski definition) is 3. The van der Waals surface area contributed by atoms with E-state index in [9.17, 15) is 23.8 Å². The van der Waals surface area contributed by atoms with Gasteiger partial charge in [-0.25, -0.2) is 4.57 Å². The Morgan fingerprint density at radius 3 is 1.11 bits per heavy atom. The average Bonchev–Trinajstić information content (AvgIpc) is 3.19. The minimum atomic E-state index is -4.71. The highest BCUT2D eigenvalue weighted by Crippen LogP contribution is 2.43. The van der Waals surface area contributed by atoms with E-state index >= 15 is 0 Å². The highest BCUT2D eigenvalue weighted by Gasteiger charge is 2.28. The van der Waals surface area contributed by atoms with Crippen LogP contribution in [-0.4, -0.2) is 59.9 Å². The highest BCUT2D eigenvalue weighted by atomic mass is 31.2. The zero-order chi connectivity index (χ0) is 42.1. The fourth-order valence-corrected chi connectivity index (χ4v) is 7.67. The van der Waals surface area contributed by atoms with Crippen LogP contribution in [0.15, 0.2) is 0 Å². The zero-order valence-electron chi connectivity index (χ0n) is 36.7. The third-order valence-corrected chi connectivity index (χ3v) is 11.6. The van der Waals surface area contributed by atoms with Gasteiger partial charge >= 0.3 is 25.7 Å². The molecular weight excluding hydrogens is 745 g/mol. The maximum atomic E-state index is 12.6. The van der Waals surface area contributed by atoms with Crippen LogP contribution in [0.5, 0.6) is 0 Å². The number of carboxylic acids is 1. The molecule has 12 heteroatoms. The summed E-state index contributed by atoms with van der Waals surface area (Å²) in [5.74, 6) is -2.36. The number of phosphoric acid groups is 1. The van der Waals surface area contributed by atoms with Gasteiger partial charge in [0, 0.05) is 12.8 Å². The van der Waals surface area contributed by atoms with Crippen molar-refractivity contribution in [2.24, 2.45) is 5.73 Å². The molecule has 0 saturated heterocycles. The Labute approximate surface area is 348 Å². The Balaban J connectivity index is 4.18. The van der Waals surface area contributed by atoms with Gasteiger partial charge in [-0.05, 0) is 12.8 Å². The maximum Gasteiger partial charge on any atom is 0.472 e. The molecule has 0 bridgehead atoms. The summed E-state index contributed by atoms with van der Waals surface area (Å²) in [4.78, 5) is 45.9. The summed E-state index contributed by atoms with van der Waals surface area (Å²) in [6.07, 6.45) is 40.3. The second-order valence-corrected chi connectivity index (χ2v) is 17.7. The van der Waals surface area contributed by atoms with Gasteiger partial charge < -0.3 is 25.2 Å². The van der Waals surface area contributed by atoms with Crippen LogP contribution in [-0.2, 0) is 37.5 Å². The van der Waals surface area contributed by atoms with Crippen LogP contribution >= 0.6 is 7.82 Å². The molecule has 3 unspecified atom stereocenters. The van der Waals surface area contributed by atoms with Crippen molar-refractivity contribution >= 4 is 25.7 Å².